The number of halogens is 1. The average Bonchev–Trinajstić information content (AvgIpc) is 2.37. The van der Waals surface area contributed by atoms with E-state index in [1.165, 1.54) is 12.0 Å². The van der Waals surface area contributed by atoms with E-state index in [2.05, 4.69) is 24.4 Å². The van der Waals surface area contributed by atoms with Gasteiger partial charge in [-0.25, -0.2) is 0 Å². The molecule has 1 aromatic rings. The van der Waals surface area contributed by atoms with Gasteiger partial charge in [-0.15, -0.1) is 0 Å². The number of aliphatic hydroxyl groups excluding tert-OH is 1. The number of hydrogen-bond donors (Lipinski definition) is 2. The van der Waals surface area contributed by atoms with E-state index < -0.39 is 0 Å². The maximum Gasteiger partial charge on any atom is 0.0555 e. The molecule has 0 heterocycles. The van der Waals surface area contributed by atoms with Crippen molar-refractivity contribution < 1.29 is 5.11 Å². The molecule has 2 rings (SSSR count). The van der Waals surface area contributed by atoms with Crippen LogP contribution >= 0.6 is 11.6 Å². The molecule has 0 spiro atoms. The third-order valence-corrected chi connectivity index (χ3v) is 4.02. The zero-order valence-electron chi connectivity index (χ0n) is 10.9. The fraction of sp³-hybridized carbons (Fsp3) is 0.600. The standard InChI is InChI=1S/C15H22ClNO/c1-2-15(11-6-8-12(16)9-7-11)17-13-4-3-5-14(18)10-13/h6-9,13-15,17-18H,2-5,10H2,1H3. The highest BCUT2D eigenvalue weighted by molar-refractivity contribution is 6.30. The fourth-order valence-corrected chi connectivity index (χ4v) is 2.87. The predicted octanol–water partition coefficient (Wildman–Crippen LogP) is 3.68. The van der Waals surface area contributed by atoms with Crippen molar-refractivity contribution in [3.8, 4) is 0 Å². The molecule has 0 saturated heterocycles. The summed E-state index contributed by atoms with van der Waals surface area (Å²) in [7, 11) is 0. The lowest BCUT2D eigenvalue weighted by Crippen LogP contribution is -2.38. The lowest BCUT2D eigenvalue weighted by molar-refractivity contribution is 0.108. The molecule has 18 heavy (non-hydrogen) atoms. The summed E-state index contributed by atoms with van der Waals surface area (Å²) in [5.41, 5.74) is 1.28. The second kappa shape index (κ2) is 6.55. The number of aliphatic hydroxyl groups is 1. The van der Waals surface area contributed by atoms with Crippen molar-refractivity contribution in [2.24, 2.45) is 0 Å². The molecule has 2 N–H and O–H groups in total. The van der Waals surface area contributed by atoms with Crippen LogP contribution in [0.3, 0.4) is 0 Å². The van der Waals surface area contributed by atoms with Crippen molar-refractivity contribution in [2.45, 2.75) is 57.2 Å². The fourth-order valence-electron chi connectivity index (χ4n) is 2.74. The van der Waals surface area contributed by atoms with Crippen LogP contribution < -0.4 is 5.32 Å². The van der Waals surface area contributed by atoms with Crippen molar-refractivity contribution in [3.05, 3.63) is 34.9 Å². The maximum absolute atomic E-state index is 9.71. The van der Waals surface area contributed by atoms with Gasteiger partial charge in [-0.1, -0.05) is 30.7 Å². The number of nitrogens with one attached hydrogen (secondary N) is 1. The summed E-state index contributed by atoms with van der Waals surface area (Å²) >= 11 is 5.92. The summed E-state index contributed by atoms with van der Waals surface area (Å²) in [5.74, 6) is 0. The van der Waals surface area contributed by atoms with Gasteiger partial charge in [0.25, 0.3) is 0 Å². The van der Waals surface area contributed by atoms with Crippen molar-refractivity contribution in [1.29, 1.82) is 0 Å². The second-order valence-electron chi connectivity index (χ2n) is 5.20. The summed E-state index contributed by atoms with van der Waals surface area (Å²) in [4.78, 5) is 0. The molecule has 3 heteroatoms. The van der Waals surface area contributed by atoms with Gasteiger partial charge in [0.15, 0.2) is 0 Å². The molecule has 0 radical (unpaired) electrons. The third kappa shape index (κ3) is 3.71. The first-order valence-corrected chi connectivity index (χ1v) is 7.26. The number of rotatable bonds is 4. The number of benzene rings is 1. The maximum atomic E-state index is 9.71. The average molecular weight is 268 g/mol. The van der Waals surface area contributed by atoms with E-state index >= 15 is 0 Å². The van der Waals surface area contributed by atoms with Gasteiger partial charge in [0.05, 0.1) is 6.10 Å². The molecule has 2 nitrogen and oxygen atoms in total. The molecule has 1 fully saturated rings. The minimum Gasteiger partial charge on any atom is -0.393 e. The van der Waals surface area contributed by atoms with Gasteiger partial charge in [-0.2, -0.15) is 0 Å². The Hall–Kier alpha value is -0.570. The molecule has 3 unspecified atom stereocenters. The second-order valence-corrected chi connectivity index (χ2v) is 5.63. The van der Waals surface area contributed by atoms with E-state index in [1.807, 2.05) is 12.1 Å². The Morgan fingerprint density at radius 2 is 2.06 bits per heavy atom. The molecule has 100 valence electrons. The highest BCUT2D eigenvalue weighted by atomic mass is 35.5. The third-order valence-electron chi connectivity index (χ3n) is 3.76. The molecule has 1 aromatic carbocycles. The van der Waals surface area contributed by atoms with Crippen LogP contribution in [0.5, 0.6) is 0 Å². The Morgan fingerprint density at radius 3 is 2.67 bits per heavy atom. The van der Waals surface area contributed by atoms with Crippen LogP contribution in [-0.2, 0) is 0 Å². The Bertz CT molecular complexity index is 365. The van der Waals surface area contributed by atoms with Crippen LogP contribution in [0.2, 0.25) is 5.02 Å². The zero-order chi connectivity index (χ0) is 13.0. The molecular weight excluding hydrogens is 246 g/mol. The summed E-state index contributed by atoms with van der Waals surface area (Å²) in [6.45, 7) is 2.19. The Morgan fingerprint density at radius 1 is 1.33 bits per heavy atom. The molecule has 1 saturated carbocycles. The quantitative estimate of drug-likeness (QED) is 0.872. The number of hydrogen-bond acceptors (Lipinski definition) is 2. The first kappa shape index (κ1) is 13.9. The SMILES string of the molecule is CCC(NC1CCCC(O)C1)c1ccc(Cl)cc1. The van der Waals surface area contributed by atoms with E-state index in [0.29, 0.717) is 12.1 Å². The Labute approximate surface area is 114 Å². The van der Waals surface area contributed by atoms with Gasteiger partial charge in [-0.3, -0.25) is 0 Å². The zero-order valence-corrected chi connectivity index (χ0v) is 11.7. The van der Waals surface area contributed by atoms with E-state index in [4.69, 9.17) is 11.6 Å². The van der Waals surface area contributed by atoms with Crippen LogP contribution in [-0.4, -0.2) is 17.3 Å². The van der Waals surface area contributed by atoms with Gasteiger partial charge >= 0.3 is 0 Å². The molecule has 0 amide bonds. The van der Waals surface area contributed by atoms with Crippen LogP contribution in [0.25, 0.3) is 0 Å². The summed E-state index contributed by atoms with van der Waals surface area (Å²) < 4.78 is 0. The minimum absolute atomic E-state index is 0.126. The molecule has 3 atom stereocenters. The molecule has 1 aliphatic carbocycles. The van der Waals surface area contributed by atoms with Crippen molar-refractivity contribution in [1.82, 2.24) is 5.32 Å². The van der Waals surface area contributed by atoms with E-state index in [1.54, 1.807) is 0 Å². The summed E-state index contributed by atoms with van der Waals surface area (Å²) in [6.07, 6.45) is 5.05. The highest BCUT2D eigenvalue weighted by Crippen LogP contribution is 2.24. The smallest absolute Gasteiger partial charge is 0.0555 e. The van der Waals surface area contributed by atoms with Crippen molar-refractivity contribution in [3.63, 3.8) is 0 Å². The van der Waals surface area contributed by atoms with Gasteiger partial charge < -0.3 is 10.4 Å². The largest absolute Gasteiger partial charge is 0.393 e. The van der Waals surface area contributed by atoms with Crippen LogP contribution in [0, 0.1) is 0 Å². The molecule has 0 aliphatic heterocycles. The molecular formula is C15H22ClNO. The lowest BCUT2D eigenvalue weighted by atomic mass is 9.91. The van der Waals surface area contributed by atoms with Crippen LogP contribution in [0.4, 0.5) is 0 Å². The summed E-state index contributed by atoms with van der Waals surface area (Å²) in [6, 6.07) is 8.85. The summed E-state index contributed by atoms with van der Waals surface area (Å²) in [5, 5.41) is 14.2. The molecule has 0 bridgehead atoms. The lowest BCUT2D eigenvalue weighted by Gasteiger charge is -2.30. The highest BCUT2D eigenvalue weighted by Gasteiger charge is 2.22. The monoisotopic (exact) mass is 267 g/mol. The van der Waals surface area contributed by atoms with Gasteiger partial charge in [0.2, 0.25) is 0 Å². The van der Waals surface area contributed by atoms with E-state index in [9.17, 15) is 5.11 Å². The minimum atomic E-state index is -0.126. The van der Waals surface area contributed by atoms with Gasteiger partial charge in [0, 0.05) is 17.1 Å². The first-order valence-electron chi connectivity index (χ1n) is 6.88. The van der Waals surface area contributed by atoms with Crippen molar-refractivity contribution >= 4 is 11.6 Å². The van der Waals surface area contributed by atoms with E-state index in [0.717, 1.165) is 30.7 Å². The van der Waals surface area contributed by atoms with E-state index in [-0.39, 0.29) is 6.10 Å². The van der Waals surface area contributed by atoms with Gasteiger partial charge in [-0.05, 0) is 49.8 Å². The van der Waals surface area contributed by atoms with Crippen LogP contribution in [0.15, 0.2) is 24.3 Å². The normalized spacial score (nSPS) is 25.9. The van der Waals surface area contributed by atoms with Crippen molar-refractivity contribution in [2.75, 3.05) is 0 Å². The Kier molecular flexibility index (Phi) is 5.04. The Balaban J connectivity index is 1.98. The van der Waals surface area contributed by atoms with Gasteiger partial charge in [0.1, 0.15) is 0 Å². The first-order chi connectivity index (χ1) is 8.69. The topological polar surface area (TPSA) is 32.3 Å². The molecule has 1 aliphatic rings. The van der Waals surface area contributed by atoms with Crippen LogP contribution in [0.1, 0.15) is 50.6 Å². The molecule has 0 aromatic heterocycles. The predicted molar refractivity (Wildman–Crippen MR) is 75.9 cm³/mol.